The summed E-state index contributed by atoms with van der Waals surface area (Å²) >= 11 is 0. The van der Waals surface area contributed by atoms with E-state index in [-0.39, 0.29) is 16.8 Å². The largest absolute Gasteiger partial charge is 0.496 e. The van der Waals surface area contributed by atoms with Crippen molar-refractivity contribution in [2.45, 2.75) is 0 Å². The molecule has 0 spiro atoms. The zero-order chi connectivity index (χ0) is 23.8. The molecule has 0 unspecified atom stereocenters. The minimum absolute atomic E-state index is 0.0963. The van der Waals surface area contributed by atoms with Crippen LogP contribution in [0, 0.1) is 5.82 Å². The van der Waals surface area contributed by atoms with Crippen molar-refractivity contribution < 1.29 is 28.2 Å². The van der Waals surface area contributed by atoms with E-state index in [1.54, 1.807) is 42.5 Å². The van der Waals surface area contributed by atoms with Crippen LogP contribution in [0.1, 0.15) is 26.3 Å². The highest BCUT2D eigenvalue weighted by molar-refractivity contribution is 6.11. The van der Waals surface area contributed by atoms with Crippen LogP contribution in [-0.2, 0) is 9.53 Å². The number of carbonyl (C=O) groups excluding carboxylic acids is 3. The second-order valence-corrected chi connectivity index (χ2v) is 6.79. The lowest BCUT2D eigenvalue weighted by Crippen LogP contribution is -2.31. The van der Waals surface area contributed by atoms with Gasteiger partial charge in [0, 0.05) is 5.69 Å². The van der Waals surface area contributed by atoms with Gasteiger partial charge < -0.3 is 20.1 Å². The van der Waals surface area contributed by atoms with Crippen LogP contribution >= 0.6 is 0 Å². The molecule has 0 saturated heterocycles. The molecule has 0 fully saturated rings. The molecule has 0 heterocycles. The number of carbonyl (C=O) groups is 3. The lowest BCUT2D eigenvalue weighted by atomic mass is 10.1. The van der Waals surface area contributed by atoms with E-state index in [9.17, 15) is 18.8 Å². The number of esters is 1. The van der Waals surface area contributed by atoms with E-state index < -0.39 is 23.6 Å². The minimum atomic E-state index is -0.649. The Bertz CT molecular complexity index is 1210. The van der Waals surface area contributed by atoms with Crippen LogP contribution in [0.5, 0.6) is 5.75 Å². The van der Waals surface area contributed by atoms with Crippen LogP contribution in [-0.4, -0.2) is 32.0 Å². The number of hydrogen-bond acceptors (Lipinski definition) is 5. The highest BCUT2D eigenvalue weighted by Gasteiger charge is 2.18. The standard InChI is InChI=1S/C25H21FN2O5/c1-32-22-9-4-3-8-20(22)23(29)28-21(14-16-10-12-18(26)13-11-16)24(30)27-19-7-5-6-17(15-19)25(31)33-2/h3-15H,1-2H3,(H,27,30)(H,28,29)/b21-14+. The number of para-hydroxylation sites is 1. The van der Waals surface area contributed by atoms with Crippen LogP contribution in [0.3, 0.4) is 0 Å². The topological polar surface area (TPSA) is 93.7 Å². The maximum absolute atomic E-state index is 13.3. The molecule has 0 atom stereocenters. The molecule has 168 valence electrons. The number of benzene rings is 3. The molecule has 3 rings (SSSR count). The van der Waals surface area contributed by atoms with Gasteiger partial charge in [0.15, 0.2) is 0 Å². The van der Waals surface area contributed by atoms with Crippen LogP contribution < -0.4 is 15.4 Å². The minimum Gasteiger partial charge on any atom is -0.496 e. The Hall–Kier alpha value is -4.46. The Morgan fingerprint density at radius 1 is 0.909 bits per heavy atom. The third-order valence-electron chi connectivity index (χ3n) is 4.57. The van der Waals surface area contributed by atoms with Crippen molar-refractivity contribution in [1.82, 2.24) is 5.32 Å². The summed E-state index contributed by atoms with van der Waals surface area (Å²) in [5.41, 5.74) is 1.19. The third kappa shape index (κ3) is 6.04. The fraction of sp³-hybridized carbons (Fsp3) is 0.0800. The first-order valence-electron chi connectivity index (χ1n) is 9.82. The van der Waals surface area contributed by atoms with E-state index in [2.05, 4.69) is 10.6 Å². The van der Waals surface area contributed by atoms with Gasteiger partial charge in [-0.2, -0.15) is 0 Å². The molecular formula is C25H21FN2O5. The molecule has 33 heavy (non-hydrogen) atoms. The number of rotatable bonds is 7. The normalized spacial score (nSPS) is 10.8. The molecule has 0 aromatic heterocycles. The zero-order valence-corrected chi connectivity index (χ0v) is 17.9. The van der Waals surface area contributed by atoms with Gasteiger partial charge in [0.25, 0.3) is 11.8 Å². The van der Waals surface area contributed by atoms with Crippen LogP contribution in [0.25, 0.3) is 6.08 Å². The molecule has 0 aliphatic heterocycles. The Balaban J connectivity index is 1.91. The van der Waals surface area contributed by atoms with Gasteiger partial charge in [0.05, 0.1) is 25.3 Å². The van der Waals surface area contributed by atoms with Gasteiger partial charge in [-0.1, -0.05) is 30.3 Å². The first kappa shape index (κ1) is 23.2. The van der Waals surface area contributed by atoms with Gasteiger partial charge in [0.1, 0.15) is 17.3 Å². The summed E-state index contributed by atoms with van der Waals surface area (Å²) in [6.45, 7) is 0. The quantitative estimate of drug-likeness (QED) is 0.421. The Kier molecular flexibility index (Phi) is 7.54. The van der Waals surface area contributed by atoms with Crippen LogP contribution in [0.15, 0.2) is 78.5 Å². The smallest absolute Gasteiger partial charge is 0.337 e. The maximum atomic E-state index is 13.3. The van der Waals surface area contributed by atoms with E-state index in [1.807, 2.05) is 0 Å². The van der Waals surface area contributed by atoms with Crippen LogP contribution in [0.4, 0.5) is 10.1 Å². The monoisotopic (exact) mass is 448 g/mol. The van der Waals surface area contributed by atoms with E-state index in [1.165, 1.54) is 50.6 Å². The summed E-state index contributed by atoms with van der Waals surface area (Å²) in [6, 6.07) is 18.1. The third-order valence-corrected chi connectivity index (χ3v) is 4.57. The van der Waals surface area contributed by atoms with Crippen molar-refractivity contribution in [1.29, 1.82) is 0 Å². The number of anilines is 1. The lowest BCUT2D eigenvalue weighted by Gasteiger charge is -2.13. The highest BCUT2D eigenvalue weighted by Crippen LogP contribution is 2.19. The van der Waals surface area contributed by atoms with Crippen molar-refractivity contribution in [3.63, 3.8) is 0 Å². The Labute approximate surface area is 189 Å². The fourth-order valence-corrected chi connectivity index (χ4v) is 2.95. The SMILES string of the molecule is COC(=O)c1cccc(NC(=O)/C(=C\c2ccc(F)cc2)NC(=O)c2ccccc2OC)c1. The summed E-state index contributed by atoms with van der Waals surface area (Å²) in [5.74, 6) is -1.88. The van der Waals surface area contributed by atoms with Crippen LogP contribution in [0.2, 0.25) is 0 Å². The number of hydrogen-bond donors (Lipinski definition) is 2. The maximum Gasteiger partial charge on any atom is 0.337 e. The molecule has 0 aliphatic rings. The van der Waals surface area contributed by atoms with E-state index in [0.717, 1.165) is 0 Å². The predicted octanol–water partition coefficient (Wildman–Crippen LogP) is 4.03. The number of halogens is 1. The van der Waals surface area contributed by atoms with Crippen molar-refractivity contribution in [2.24, 2.45) is 0 Å². The van der Waals surface area contributed by atoms with Gasteiger partial charge in [-0.05, 0) is 54.1 Å². The van der Waals surface area contributed by atoms with Crippen molar-refractivity contribution in [3.8, 4) is 5.75 Å². The number of amides is 2. The fourth-order valence-electron chi connectivity index (χ4n) is 2.95. The summed E-state index contributed by atoms with van der Waals surface area (Å²) < 4.78 is 23.2. The summed E-state index contributed by atoms with van der Waals surface area (Å²) in [6.07, 6.45) is 1.41. The van der Waals surface area contributed by atoms with Crippen molar-refractivity contribution in [2.75, 3.05) is 19.5 Å². The molecule has 0 saturated carbocycles. The number of nitrogens with one attached hydrogen (secondary N) is 2. The Morgan fingerprint density at radius 2 is 1.64 bits per heavy atom. The molecule has 0 bridgehead atoms. The van der Waals surface area contributed by atoms with Gasteiger partial charge in [-0.25, -0.2) is 9.18 Å². The number of ether oxygens (including phenoxy) is 2. The lowest BCUT2D eigenvalue weighted by molar-refractivity contribution is -0.113. The molecule has 0 aliphatic carbocycles. The summed E-state index contributed by atoms with van der Waals surface area (Å²) in [7, 11) is 2.69. The molecule has 8 heteroatoms. The van der Waals surface area contributed by atoms with Gasteiger partial charge in [-0.15, -0.1) is 0 Å². The van der Waals surface area contributed by atoms with E-state index in [4.69, 9.17) is 9.47 Å². The molecule has 3 aromatic carbocycles. The average molecular weight is 448 g/mol. The average Bonchev–Trinajstić information content (AvgIpc) is 2.84. The molecule has 7 nitrogen and oxygen atoms in total. The zero-order valence-electron chi connectivity index (χ0n) is 17.9. The first-order chi connectivity index (χ1) is 15.9. The van der Waals surface area contributed by atoms with Gasteiger partial charge >= 0.3 is 5.97 Å². The molecule has 0 radical (unpaired) electrons. The highest BCUT2D eigenvalue weighted by atomic mass is 19.1. The Morgan fingerprint density at radius 3 is 2.33 bits per heavy atom. The van der Waals surface area contributed by atoms with Gasteiger partial charge in [-0.3, -0.25) is 9.59 Å². The van der Waals surface area contributed by atoms with Gasteiger partial charge in [0.2, 0.25) is 0 Å². The van der Waals surface area contributed by atoms with E-state index in [0.29, 0.717) is 17.0 Å². The molecule has 2 N–H and O–H groups in total. The molecule has 3 aromatic rings. The number of methoxy groups -OCH3 is 2. The molecule has 2 amide bonds. The summed E-state index contributed by atoms with van der Waals surface area (Å²) in [4.78, 5) is 37.7. The molecular weight excluding hydrogens is 427 g/mol. The summed E-state index contributed by atoms with van der Waals surface area (Å²) in [5, 5.41) is 5.23. The second kappa shape index (κ2) is 10.7. The second-order valence-electron chi connectivity index (χ2n) is 6.79. The van der Waals surface area contributed by atoms with Crippen molar-refractivity contribution >= 4 is 29.5 Å². The van der Waals surface area contributed by atoms with Crippen molar-refractivity contribution in [3.05, 3.63) is 101 Å². The first-order valence-corrected chi connectivity index (χ1v) is 9.82. The van der Waals surface area contributed by atoms with E-state index >= 15 is 0 Å². The predicted molar refractivity (Wildman–Crippen MR) is 121 cm³/mol.